The van der Waals surface area contributed by atoms with Crippen molar-refractivity contribution in [3.05, 3.63) is 0 Å². The second-order valence-corrected chi connectivity index (χ2v) is 5.91. The summed E-state index contributed by atoms with van der Waals surface area (Å²) in [5.41, 5.74) is 0. The molecule has 2 aliphatic heterocycles. The van der Waals surface area contributed by atoms with Crippen LogP contribution in [0.25, 0.3) is 0 Å². The summed E-state index contributed by atoms with van der Waals surface area (Å²) >= 11 is 0. The van der Waals surface area contributed by atoms with Crippen molar-refractivity contribution in [2.45, 2.75) is 51.5 Å². The Balaban J connectivity index is 1.55. The summed E-state index contributed by atoms with van der Waals surface area (Å²) in [5, 5.41) is 3.56. The fraction of sp³-hybridized carbons (Fsp3) is 0.933. The van der Waals surface area contributed by atoms with Gasteiger partial charge >= 0.3 is 0 Å². The summed E-state index contributed by atoms with van der Waals surface area (Å²) in [6.07, 6.45) is 6.78. The molecule has 1 N–H and O–H groups in total. The molecule has 2 aliphatic rings. The Hall–Kier alpha value is -0.610. The van der Waals surface area contributed by atoms with Crippen molar-refractivity contribution in [3.63, 3.8) is 0 Å². The van der Waals surface area contributed by atoms with Crippen LogP contribution in [0.2, 0.25) is 0 Å². The first-order valence-electron chi connectivity index (χ1n) is 8.03. The zero-order chi connectivity index (χ0) is 13.5. The molecular formula is C15H29N3O. The Kier molecular flexibility index (Phi) is 6.11. The van der Waals surface area contributed by atoms with Crippen LogP contribution in [0.1, 0.15) is 45.4 Å². The molecule has 0 atom stereocenters. The van der Waals surface area contributed by atoms with E-state index in [0.29, 0.717) is 18.4 Å². The summed E-state index contributed by atoms with van der Waals surface area (Å²) in [6.45, 7) is 8.72. The molecule has 0 radical (unpaired) electrons. The van der Waals surface area contributed by atoms with Gasteiger partial charge in [0.25, 0.3) is 0 Å². The van der Waals surface area contributed by atoms with Crippen molar-refractivity contribution < 1.29 is 4.79 Å². The highest BCUT2D eigenvalue weighted by Gasteiger charge is 2.20. The fourth-order valence-corrected chi connectivity index (χ4v) is 3.18. The number of nitrogens with one attached hydrogen (secondary N) is 1. The number of rotatable bonds is 6. The van der Waals surface area contributed by atoms with Gasteiger partial charge in [0.1, 0.15) is 0 Å². The molecule has 0 unspecified atom stereocenters. The van der Waals surface area contributed by atoms with Gasteiger partial charge in [0, 0.05) is 32.1 Å². The lowest BCUT2D eigenvalue weighted by molar-refractivity contribution is -0.130. The van der Waals surface area contributed by atoms with Crippen LogP contribution in [0.15, 0.2) is 0 Å². The van der Waals surface area contributed by atoms with E-state index in [9.17, 15) is 4.79 Å². The SMILES string of the molecule is CCCN1CCC(NCCC(=O)N2CCCC2)CC1. The molecule has 2 saturated heterocycles. The molecule has 4 nitrogen and oxygen atoms in total. The van der Waals surface area contributed by atoms with Gasteiger partial charge < -0.3 is 15.1 Å². The minimum atomic E-state index is 0.341. The smallest absolute Gasteiger partial charge is 0.223 e. The highest BCUT2D eigenvalue weighted by atomic mass is 16.2. The largest absolute Gasteiger partial charge is 0.343 e. The van der Waals surface area contributed by atoms with Gasteiger partial charge in [-0.2, -0.15) is 0 Å². The van der Waals surface area contributed by atoms with Gasteiger partial charge in [-0.3, -0.25) is 4.79 Å². The Morgan fingerprint density at radius 1 is 1.16 bits per heavy atom. The van der Waals surface area contributed by atoms with Gasteiger partial charge in [-0.15, -0.1) is 0 Å². The van der Waals surface area contributed by atoms with Gasteiger partial charge in [-0.05, 0) is 51.7 Å². The number of hydrogen-bond donors (Lipinski definition) is 1. The van der Waals surface area contributed by atoms with E-state index < -0.39 is 0 Å². The van der Waals surface area contributed by atoms with Crippen LogP contribution < -0.4 is 5.32 Å². The molecule has 0 aromatic rings. The molecule has 0 aliphatic carbocycles. The Bertz CT molecular complexity index is 269. The zero-order valence-electron chi connectivity index (χ0n) is 12.4. The van der Waals surface area contributed by atoms with Crippen LogP contribution in [-0.2, 0) is 4.79 Å². The second kappa shape index (κ2) is 7.85. The van der Waals surface area contributed by atoms with E-state index in [1.165, 1.54) is 51.7 Å². The molecular weight excluding hydrogens is 238 g/mol. The first kappa shape index (κ1) is 14.8. The van der Waals surface area contributed by atoms with Crippen LogP contribution in [-0.4, -0.2) is 61.0 Å². The Morgan fingerprint density at radius 3 is 2.47 bits per heavy atom. The molecule has 0 bridgehead atoms. The zero-order valence-corrected chi connectivity index (χ0v) is 12.4. The number of amides is 1. The number of nitrogens with zero attached hydrogens (tertiary/aromatic N) is 2. The summed E-state index contributed by atoms with van der Waals surface area (Å²) in [7, 11) is 0. The molecule has 110 valence electrons. The normalized spacial score (nSPS) is 22.1. The summed E-state index contributed by atoms with van der Waals surface area (Å²) < 4.78 is 0. The average molecular weight is 267 g/mol. The minimum Gasteiger partial charge on any atom is -0.343 e. The van der Waals surface area contributed by atoms with Crippen molar-refractivity contribution >= 4 is 5.91 Å². The van der Waals surface area contributed by atoms with Crippen molar-refractivity contribution in [2.24, 2.45) is 0 Å². The monoisotopic (exact) mass is 267 g/mol. The van der Waals surface area contributed by atoms with Gasteiger partial charge in [0.2, 0.25) is 5.91 Å². The number of carbonyl (C=O) groups excluding carboxylic acids is 1. The van der Waals surface area contributed by atoms with Crippen molar-refractivity contribution in [3.8, 4) is 0 Å². The summed E-state index contributed by atoms with van der Waals surface area (Å²) in [6, 6.07) is 0.625. The molecule has 0 spiro atoms. The molecule has 4 heteroatoms. The van der Waals surface area contributed by atoms with Crippen molar-refractivity contribution in [2.75, 3.05) is 39.3 Å². The number of carbonyl (C=O) groups is 1. The van der Waals surface area contributed by atoms with Gasteiger partial charge in [0.05, 0.1) is 0 Å². The molecule has 19 heavy (non-hydrogen) atoms. The quantitative estimate of drug-likeness (QED) is 0.791. The first-order valence-corrected chi connectivity index (χ1v) is 8.03. The first-order chi connectivity index (χ1) is 9.29. The maximum Gasteiger partial charge on any atom is 0.223 e. The maximum atomic E-state index is 11.9. The molecule has 2 fully saturated rings. The molecule has 1 amide bonds. The van der Waals surface area contributed by atoms with Gasteiger partial charge in [-0.25, -0.2) is 0 Å². The average Bonchev–Trinajstić information content (AvgIpc) is 2.95. The molecule has 0 aromatic heterocycles. The predicted molar refractivity (Wildman–Crippen MR) is 78.2 cm³/mol. The topological polar surface area (TPSA) is 35.6 Å². The Morgan fingerprint density at radius 2 is 1.84 bits per heavy atom. The van der Waals surface area contributed by atoms with Crippen molar-refractivity contribution in [1.82, 2.24) is 15.1 Å². The molecule has 0 saturated carbocycles. The maximum absolute atomic E-state index is 11.9. The van der Waals surface area contributed by atoms with E-state index in [4.69, 9.17) is 0 Å². The third-order valence-electron chi connectivity index (χ3n) is 4.36. The van der Waals surface area contributed by atoms with E-state index in [2.05, 4.69) is 17.1 Å². The van der Waals surface area contributed by atoms with Crippen LogP contribution in [0.4, 0.5) is 0 Å². The number of piperidine rings is 1. The predicted octanol–water partition coefficient (Wildman–Crippen LogP) is 1.46. The Labute approximate surface area is 117 Å². The summed E-state index contributed by atoms with van der Waals surface area (Å²) in [4.78, 5) is 16.5. The van der Waals surface area contributed by atoms with Crippen molar-refractivity contribution in [1.29, 1.82) is 0 Å². The lowest BCUT2D eigenvalue weighted by atomic mass is 10.0. The lowest BCUT2D eigenvalue weighted by Gasteiger charge is -2.32. The molecule has 2 rings (SSSR count). The van der Waals surface area contributed by atoms with E-state index in [1.807, 2.05) is 4.90 Å². The minimum absolute atomic E-state index is 0.341. The highest BCUT2D eigenvalue weighted by Crippen LogP contribution is 2.11. The standard InChI is InChI=1S/C15H29N3O/c1-2-9-17-12-6-14(7-13-17)16-8-5-15(19)18-10-3-4-11-18/h14,16H,2-13H2,1H3. The molecule has 0 aromatic carbocycles. The fourth-order valence-electron chi connectivity index (χ4n) is 3.18. The van der Waals surface area contributed by atoms with Crippen LogP contribution in [0.5, 0.6) is 0 Å². The number of likely N-dealkylation sites (tertiary alicyclic amines) is 2. The van der Waals surface area contributed by atoms with E-state index >= 15 is 0 Å². The van der Waals surface area contributed by atoms with Gasteiger partial charge in [0.15, 0.2) is 0 Å². The second-order valence-electron chi connectivity index (χ2n) is 5.91. The van der Waals surface area contributed by atoms with E-state index in [1.54, 1.807) is 0 Å². The van der Waals surface area contributed by atoms with E-state index in [0.717, 1.165) is 19.6 Å². The highest BCUT2D eigenvalue weighted by molar-refractivity contribution is 5.76. The molecule has 2 heterocycles. The van der Waals surface area contributed by atoms with Crippen LogP contribution >= 0.6 is 0 Å². The third kappa shape index (κ3) is 4.77. The van der Waals surface area contributed by atoms with Crippen LogP contribution in [0.3, 0.4) is 0 Å². The van der Waals surface area contributed by atoms with Crippen LogP contribution in [0, 0.1) is 0 Å². The summed E-state index contributed by atoms with van der Waals surface area (Å²) in [5.74, 6) is 0.341. The number of hydrogen-bond acceptors (Lipinski definition) is 3. The lowest BCUT2D eigenvalue weighted by Crippen LogP contribution is -2.43. The van der Waals surface area contributed by atoms with Gasteiger partial charge in [-0.1, -0.05) is 6.92 Å². The van der Waals surface area contributed by atoms with E-state index in [-0.39, 0.29) is 0 Å². The third-order valence-corrected chi connectivity index (χ3v) is 4.36.